The number of amides is 1. The van der Waals surface area contributed by atoms with Gasteiger partial charge in [-0.2, -0.15) is 0 Å². The molecule has 104 valence electrons. The lowest BCUT2D eigenvalue weighted by Gasteiger charge is -2.15. The van der Waals surface area contributed by atoms with Crippen LogP contribution in [0.1, 0.15) is 34.6 Å². The Labute approximate surface area is 131 Å². The molecule has 2 rings (SSSR count). The zero-order valence-corrected chi connectivity index (χ0v) is 13.5. The number of benzene rings is 1. The Morgan fingerprint density at radius 2 is 2.00 bits per heavy atom. The number of pyridine rings is 1. The average Bonchev–Trinajstić information content (AvgIpc) is 2.39. The smallest absolute Gasteiger partial charge is 0.254 e. The molecule has 1 N–H and O–H groups in total. The molecule has 1 amide bonds. The molecular formula is C15H14BrClN2O. The third kappa shape index (κ3) is 3.58. The molecule has 0 aliphatic carbocycles. The van der Waals surface area contributed by atoms with Crippen molar-refractivity contribution >= 4 is 33.4 Å². The van der Waals surface area contributed by atoms with E-state index in [1.165, 1.54) is 6.20 Å². The summed E-state index contributed by atoms with van der Waals surface area (Å²) in [6.07, 6.45) is 1.50. The summed E-state index contributed by atoms with van der Waals surface area (Å²) in [6.45, 7) is 3.76. The highest BCUT2D eigenvalue weighted by molar-refractivity contribution is 9.10. The lowest BCUT2D eigenvalue weighted by Crippen LogP contribution is -2.27. The van der Waals surface area contributed by atoms with Crippen molar-refractivity contribution in [2.24, 2.45) is 0 Å². The molecule has 0 aliphatic rings. The van der Waals surface area contributed by atoms with Crippen molar-refractivity contribution in [3.63, 3.8) is 0 Å². The Kier molecular flexibility index (Phi) is 4.78. The molecule has 20 heavy (non-hydrogen) atoms. The van der Waals surface area contributed by atoms with E-state index in [0.29, 0.717) is 10.6 Å². The minimum absolute atomic E-state index is 0.104. The summed E-state index contributed by atoms with van der Waals surface area (Å²) in [7, 11) is 0. The van der Waals surface area contributed by atoms with E-state index >= 15 is 0 Å². The zero-order valence-electron chi connectivity index (χ0n) is 11.2. The topological polar surface area (TPSA) is 42.0 Å². The number of aryl methyl sites for hydroxylation is 1. The van der Waals surface area contributed by atoms with Crippen LogP contribution in [0.4, 0.5) is 0 Å². The van der Waals surface area contributed by atoms with Crippen LogP contribution in [-0.2, 0) is 0 Å². The monoisotopic (exact) mass is 352 g/mol. The van der Waals surface area contributed by atoms with Gasteiger partial charge in [0.05, 0.1) is 16.6 Å². The van der Waals surface area contributed by atoms with E-state index < -0.39 is 0 Å². The number of hydrogen-bond donors (Lipinski definition) is 1. The lowest BCUT2D eigenvalue weighted by molar-refractivity contribution is 0.0939. The fourth-order valence-corrected chi connectivity index (χ4v) is 2.36. The first-order chi connectivity index (χ1) is 9.47. The van der Waals surface area contributed by atoms with Crippen molar-refractivity contribution < 1.29 is 4.79 Å². The molecule has 1 atom stereocenters. The van der Waals surface area contributed by atoms with E-state index in [1.54, 1.807) is 6.07 Å². The van der Waals surface area contributed by atoms with Gasteiger partial charge < -0.3 is 5.32 Å². The fourth-order valence-electron chi connectivity index (χ4n) is 1.80. The molecule has 1 aromatic carbocycles. The van der Waals surface area contributed by atoms with Gasteiger partial charge in [-0.3, -0.25) is 9.78 Å². The summed E-state index contributed by atoms with van der Waals surface area (Å²) in [5.41, 5.74) is 2.20. The Morgan fingerprint density at radius 3 is 2.60 bits per heavy atom. The summed E-state index contributed by atoms with van der Waals surface area (Å²) in [6, 6.07) is 9.39. The lowest BCUT2D eigenvalue weighted by atomic mass is 10.1. The predicted molar refractivity (Wildman–Crippen MR) is 84.0 cm³/mol. The van der Waals surface area contributed by atoms with Gasteiger partial charge in [-0.15, -0.1) is 0 Å². The molecule has 0 radical (unpaired) electrons. The summed E-state index contributed by atoms with van der Waals surface area (Å²) >= 11 is 9.45. The van der Waals surface area contributed by atoms with Crippen LogP contribution >= 0.6 is 27.5 Å². The summed E-state index contributed by atoms with van der Waals surface area (Å²) < 4.78 is 1.01. The van der Waals surface area contributed by atoms with Crippen LogP contribution in [0.15, 0.2) is 41.0 Å². The second kappa shape index (κ2) is 6.37. The van der Waals surface area contributed by atoms with Crippen LogP contribution in [0.5, 0.6) is 0 Å². The van der Waals surface area contributed by atoms with Crippen molar-refractivity contribution in [3.05, 3.63) is 62.8 Å². The minimum atomic E-state index is -0.224. The van der Waals surface area contributed by atoms with Crippen LogP contribution in [0.2, 0.25) is 5.02 Å². The second-order valence-electron chi connectivity index (χ2n) is 4.55. The maximum atomic E-state index is 12.2. The predicted octanol–water partition coefficient (Wildman–Crippen LogP) is 4.30. The normalized spacial score (nSPS) is 12.0. The van der Waals surface area contributed by atoms with E-state index in [0.717, 1.165) is 15.7 Å². The third-order valence-electron chi connectivity index (χ3n) is 2.95. The maximum Gasteiger partial charge on any atom is 0.254 e. The van der Waals surface area contributed by atoms with Gasteiger partial charge in [0.15, 0.2) is 0 Å². The van der Waals surface area contributed by atoms with Gasteiger partial charge in [-0.1, -0.05) is 39.7 Å². The molecule has 0 unspecified atom stereocenters. The number of halogens is 2. The molecule has 0 saturated carbocycles. The quantitative estimate of drug-likeness (QED) is 0.894. The van der Waals surface area contributed by atoms with Crippen LogP contribution in [0, 0.1) is 6.92 Å². The van der Waals surface area contributed by atoms with Gasteiger partial charge in [0, 0.05) is 16.4 Å². The van der Waals surface area contributed by atoms with Crippen molar-refractivity contribution in [2.75, 3.05) is 0 Å². The zero-order chi connectivity index (χ0) is 14.7. The molecule has 0 spiro atoms. The maximum absolute atomic E-state index is 12.2. The molecule has 0 aliphatic heterocycles. The van der Waals surface area contributed by atoms with Gasteiger partial charge in [-0.25, -0.2) is 0 Å². The number of nitrogens with one attached hydrogen (secondary N) is 1. The fraction of sp³-hybridized carbons (Fsp3) is 0.200. The molecule has 1 heterocycles. The Bertz CT molecular complexity index is 628. The molecule has 5 heteroatoms. The largest absolute Gasteiger partial charge is 0.345 e. The molecular weight excluding hydrogens is 340 g/mol. The molecule has 0 saturated heterocycles. The SMILES string of the molecule is Cc1cc(Cl)c(C(=O)N[C@@H](C)c2ccc(Br)cc2)cn1. The van der Waals surface area contributed by atoms with E-state index in [1.807, 2.05) is 38.1 Å². The van der Waals surface area contributed by atoms with Crippen molar-refractivity contribution in [2.45, 2.75) is 19.9 Å². The molecule has 1 aromatic heterocycles. The highest BCUT2D eigenvalue weighted by Gasteiger charge is 2.14. The summed E-state index contributed by atoms with van der Waals surface area (Å²) in [4.78, 5) is 16.3. The van der Waals surface area contributed by atoms with E-state index in [-0.39, 0.29) is 11.9 Å². The van der Waals surface area contributed by atoms with Gasteiger partial charge in [0.25, 0.3) is 5.91 Å². The number of rotatable bonds is 3. The average molecular weight is 354 g/mol. The molecule has 0 fully saturated rings. The molecule has 0 bridgehead atoms. The Morgan fingerprint density at radius 1 is 1.35 bits per heavy atom. The van der Waals surface area contributed by atoms with E-state index in [2.05, 4.69) is 26.2 Å². The van der Waals surface area contributed by atoms with Crippen LogP contribution < -0.4 is 5.32 Å². The van der Waals surface area contributed by atoms with E-state index in [4.69, 9.17) is 11.6 Å². The third-order valence-corrected chi connectivity index (χ3v) is 3.79. The molecule has 3 nitrogen and oxygen atoms in total. The second-order valence-corrected chi connectivity index (χ2v) is 5.88. The molecule has 2 aromatic rings. The van der Waals surface area contributed by atoms with Crippen molar-refractivity contribution in [1.82, 2.24) is 10.3 Å². The van der Waals surface area contributed by atoms with Gasteiger partial charge in [0.2, 0.25) is 0 Å². The Balaban J connectivity index is 2.13. The van der Waals surface area contributed by atoms with Crippen molar-refractivity contribution in [1.29, 1.82) is 0 Å². The number of carbonyl (C=O) groups excluding carboxylic acids is 1. The highest BCUT2D eigenvalue weighted by atomic mass is 79.9. The first kappa shape index (κ1) is 15.0. The minimum Gasteiger partial charge on any atom is -0.345 e. The van der Waals surface area contributed by atoms with Crippen LogP contribution in [0.25, 0.3) is 0 Å². The first-order valence-electron chi connectivity index (χ1n) is 6.16. The summed E-state index contributed by atoms with van der Waals surface area (Å²) in [5, 5.41) is 3.33. The highest BCUT2D eigenvalue weighted by Crippen LogP contribution is 2.19. The van der Waals surface area contributed by atoms with Crippen LogP contribution in [-0.4, -0.2) is 10.9 Å². The number of hydrogen-bond acceptors (Lipinski definition) is 2. The van der Waals surface area contributed by atoms with Crippen LogP contribution in [0.3, 0.4) is 0 Å². The van der Waals surface area contributed by atoms with Gasteiger partial charge >= 0.3 is 0 Å². The standard InChI is InChI=1S/C15H14BrClN2O/c1-9-7-14(17)13(8-18-9)15(20)19-10(2)11-3-5-12(16)6-4-11/h3-8,10H,1-2H3,(H,19,20)/t10-/m0/s1. The Hall–Kier alpha value is -1.39. The summed E-state index contributed by atoms with van der Waals surface area (Å²) in [5.74, 6) is -0.224. The number of aromatic nitrogens is 1. The van der Waals surface area contributed by atoms with E-state index in [9.17, 15) is 4.79 Å². The van der Waals surface area contributed by atoms with Gasteiger partial charge in [0.1, 0.15) is 0 Å². The number of carbonyl (C=O) groups is 1. The number of nitrogens with zero attached hydrogens (tertiary/aromatic N) is 1. The van der Waals surface area contributed by atoms with Gasteiger partial charge in [-0.05, 0) is 37.6 Å². The van der Waals surface area contributed by atoms with Crippen molar-refractivity contribution in [3.8, 4) is 0 Å². The first-order valence-corrected chi connectivity index (χ1v) is 7.33.